The van der Waals surface area contributed by atoms with E-state index in [1.54, 1.807) is 36.9 Å². The fourth-order valence-electron chi connectivity index (χ4n) is 8.21. The monoisotopic (exact) mass is 997 g/mol. The van der Waals surface area contributed by atoms with Gasteiger partial charge in [-0.05, 0) is 101 Å². The van der Waals surface area contributed by atoms with Crippen molar-refractivity contribution in [1.29, 1.82) is 0 Å². The molecule has 6 heterocycles. The number of benzene rings is 2. The molecule has 0 atom stereocenters. The van der Waals surface area contributed by atoms with Crippen molar-refractivity contribution < 1.29 is 41.0 Å². The molecule has 5 N–H and O–H groups in total. The van der Waals surface area contributed by atoms with Crippen molar-refractivity contribution in [3.8, 4) is 22.5 Å². The van der Waals surface area contributed by atoms with Gasteiger partial charge >= 0.3 is 18.3 Å². The summed E-state index contributed by atoms with van der Waals surface area (Å²) in [6, 6.07) is 8.63. The maximum absolute atomic E-state index is 13.9. The summed E-state index contributed by atoms with van der Waals surface area (Å²) in [6.07, 6.45) is -3.82. The zero-order valence-corrected chi connectivity index (χ0v) is 39.4. The van der Waals surface area contributed by atoms with E-state index < -0.39 is 29.4 Å². The Bertz CT molecular complexity index is 2970. The number of anilines is 4. The van der Waals surface area contributed by atoms with E-state index in [4.69, 9.17) is 39.8 Å². The first-order valence-electron chi connectivity index (χ1n) is 21.3. The number of nitrogens with zero attached hydrogens (tertiary/aromatic N) is 9. The number of piperidine rings is 1. The van der Waals surface area contributed by atoms with Crippen molar-refractivity contribution in [2.24, 2.45) is 0 Å². The SMILES string of the molecule is C=CC(=O)N1CCN(c2nc(C)nc3cc(-c4nc(N)cc(C)c4C(F)(F)F)c(Cl)cc23)CC1.C=CC(=O)O.Cc1nc(N2CCCCC2)c2cc(Cl)c(-c3nc(N)cc(C)c3C(F)(F)F)cc2n1. The molecule has 0 saturated carbocycles. The van der Waals surface area contributed by atoms with Crippen molar-refractivity contribution >= 4 is 80.2 Å². The van der Waals surface area contributed by atoms with E-state index in [0.29, 0.717) is 65.5 Å². The highest BCUT2D eigenvalue weighted by atomic mass is 35.5. The van der Waals surface area contributed by atoms with E-state index in [0.717, 1.165) is 37.8 Å². The minimum absolute atomic E-state index is 0.000428. The molecule has 2 fully saturated rings. The highest BCUT2D eigenvalue weighted by Crippen LogP contribution is 2.44. The number of nitrogens with two attached hydrogens (primary N) is 2. The summed E-state index contributed by atoms with van der Waals surface area (Å²) in [7, 11) is 0. The van der Waals surface area contributed by atoms with Gasteiger partial charge in [0.15, 0.2) is 0 Å². The molecule has 4 aromatic heterocycles. The van der Waals surface area contributed by atoms with E-state index in [2.05, 4.69) is 48.0 Å². The summed E-state index contributed by atoms with van der Waals surface area (Å²) in [4.78, 5) is 53.0. The van der Waals surface area contributed by atoms with Crippen molar-refractivity contribution in [1.82, 2.24) is 34.8 Å². The molecule has 69 heavy (non-hydrogen) atoms. The van der Waals surface area contributed by atoms with Gasteiger partial charge in [0.05, 0.1) is 43.6 Å². The molecule has 0 unspecified atom stereocenters. The number of aromatic nitrogens is 6. The minimum atomic E-state index is -4.65. The van der Waals surface area contributed by atoms with Crippen molar-refractivity contribution in [3.05, 3.63) is 106 Å². The second-order valence-corrected chi connectivity index (χ2v) is 17.0. The van der Waals surface area contributed by atoms with Crippen molar-refractivity contribution in [2.45, 2.75) is 59.3 Å². The third-order valence-electron chi connectivity index (χ3n) is 11.2. The van der Waals surface area contributed by atoms with Crippen LogP contribution >= 0.6 is 23.2 Å². The number of aryl methyl sites for hydroxylation is 4. The number of nitrogen functional groups attached to an aromatic ring is 2. The summed E-state index contributed by atoms with van der Waals surface area (Å²) in [5, 5.41) is 9.14. The number of pyridine rings is 2. The summed E-state index contributed by atoms with van der Waals surface area (Å²) >= 11 is 13.0. The van der Waals surface area contributed by atoms with Gasteiger partial charge in [0, 0.05) is 67.2 Å². The first kappa shape index (κ1) is 51.6. The largest absolute Gasteiger partial charge is 0.478 e. The highest BCUT2D eigenvalue weighted by molar-refractivity contribution is 6.35. The molecule has 0 aliphatic carbocycles. The Morgan fingerprint density at radius 3 is 1.36 bits per heavy atom. The number of amides is 1. The van der Waals surface area contributed by atoms with Crippen LogP contribution in [-0.4, -0.2) is 91.1 Å². The number of alkyl halides is 6. The van der Waals surface area contributed by atoms with Crippen LogP contribution in [0.2, 0.25) is 10.0 Å². The van der Waals surface area contributed by atoms with Crippen LogP contribution in [0.3, 0.4) is 0 Å². The molecule has 0 spiro atoms. The molecule has 2 aliphatic heterocycles. The number of aliphatic carboxylic acids is 1. The van der Waals surface area contributed by atoms with Gasteiger partial charge in [0.1, 0.15) is 34.9 Å². The van der Waals surface area contributed by atoms with Crippen LogP contribution in [0.25, 0.3) is 44.3 Å². The lowest BCUT2D eigenvalue weighted by Gasteiger charge is -2.35. The molecule has 8 rings (SSSR count). The summed E-state index contributed by atoms with van der Waals surface area (Å²) in [5.74, 6) is 1.21. The molecule has 2 saturated heterocycles. The molecular weight excluding hydrogens is 951 g/mol. The zero-order valence-electron chi connectivity index (χ0n) is 37.9. The van der Waals surface area contributed by atoms with Crippen LogP contribution in [-0.2, 0) is 21.9 Å². The van der Waals surface area contributed by atoms with Crippen molar-refractivity contribution in [3.63, 3.8) is 0 Å². The lowest BCUT2D eigenvalue weighted by atomic mass is 9.99. The number of piperazine rings is 1. The summed E-state index contributed by atoms with van der Waals surface area (Å²) in [6.45, 7) is 16.4. The van der Waals surface area contributed by atoms with E-state index in [1.165, 1.54) is 44.5 Å². The second-order valence-electron chi connectivity index (χ2n) is 16.2. The maximum Gasteiger partial charge on any atom is 0.418 e. The Balaban J connectivity index is 0.000000208. The maximum atomic E-state index is 13.9. The first-order chi connectivity index (χ1) is 32.4. The highest BCUT2D eigenvalue weighted by Gasteiger charge is 2.39. The number of hydrogen-bond donors (Lipinski definition) is 3. The topological polar surface area (TPSA) is 193 Å². The van der Waals surface area contributed by atoms with Gasteiger partial charge in [-0.3, -0.25) is 4.79 Å². The van der Waals surface area contributed by atoms with Gasteiger partial charge in [0.2, 0.25) is 5.91 Å². The molecule has 2 aromatic carbocycles. The number of carbonyl (C=O) groups excluding carboxylic acids is 1. The third kappa shape index (κ3) is 11.7. The molecule has 0 bridgehead atoms. The lowest BCUT2D eigenvalue weighted by molar-refractivity contribution is -0.138. The number of carboxylic acid groups (broad SMARTS) is 1. The Kier molecular flexibility index (Phi) is 15.6. The molecule has 2 aliphatic rings. The van der Waals surface area contributed by atoms with Crippen molar-refractivity contribution in [2.75, 3.05) is 60.5 Å². The number of hydrogen-bond acceptors (Lipinski definition) is 12. The quantitative estimate of drug-likeness (QED) is 0.106. The van der Waals surface area contributed by atoms with Gasteiger partial charge < -0.3 is 31.3 Å². The smallest absolute Gasteiger partial charge is 0.418 e. The molecule has 22 heteroatoms. The second kappa shape index (κ2) is 20.8. The van der Waals surface area contributed by atoms with Gasteiger partial charge in [-0.1, -0.05) is 36.4 Å². The first-order valence-corrected chi connectivity index (χ1v) is 22.1. The lowest BCUT2D eigenvalue weighted by Crippen LogP contribution is -2.48. The van der Waals surface area contributed by atoms with Gasteiger partial charge in [0.25, 0.3) is 0 Å². The summed E-state index contributed by atoms with van der Waals surface area (Å²) in [5.41, 5.74) is 10.3. The fourth-order valence-corrected chi connectivity index (χ4v) is 8.72. The van der Waals surface area contributed by atoms with Gasteiger partial charge in [-0.25, -0.2) is 34.7 Å². The average molecular weight is 999 g/mol. The van der Waals surface area contributed by atoms with E-state index in [9.17, 15) is 35.9 Å². The van der Waals surface area contributed by atoms with Crippen LogP contribution in [0.4, 0.5) is 49.6 Å². The van der Waals surface area contributed by atoms with Crippen LogP contribution in [0.5, 0.6) is 0 Å². The predicted octanol–water partition coefficient (Wildman–Crippen LogP) is 10.2. The van der Waals surface area contributed by atoms with Crippen LogP contribution in [0.1, 0.15) is 53.2 Å². The Morgan fingerprint density at radius 1 is 0.609 bits per heavy atom. The minimum Gasteiger partial charge on any atom is -0.478 e. The molecule has 364 valence electrons. The molecular formula is C47H47Cl2F6N11O3. The van der Waals surface area contributed by atoms with Crippen LogP contribution in [0.15, 0.2) is 61.7 Å². The van der Waals surface area contributed by atoms with E-state index in [-0.39, 0.29) is 61.2 Å². The number of fused-ring (bicyclic) bond motifs is 2. The fraction of sp³-hybridized carbons (Fsp3) is 0.319. The number of rotatable bonds is 6. The van der Waals surface area contributed by atoms with E-state index in [1.807, 2.05) is 4.90 Å². The average Bonchev–Trinajstić information content (AvgIpc) is 3.27. The normalized spacial score (nSPS) is 14.2. The van der Waals surface area contributed by atoms with Gasteiger partial charge in [-0.15, -0.1) is 0 Å². The van der Waals surface area contributed by atoms with E-state index >= 15 is 0 Å². The third-order valence-corrected chi connectivity index (χ3v) is 11.8. The number of carbonyl (C=O) groups is 2. The Morgan fingerprint density at radius 2 is 1.00 bits per heavy atom. The molecule has 1 amide bonds. The van der Waals surface area contributed by atoms with Crippen LogP contribution in [0, 0.1) is 27.7 Å². The molecule has 14 nitrogen and oxygen atoms in total. The van der Waals surface area contributed by atoms with Crippen LogP contribution < -0.4 is 21.3 Å². The Labute approximate surface area is 402 Å². The number of halogens is 8. The van der Waals surface area contributed by atoms with Gasteiger partial charge in [-0.2, -0.15) is 26.3 Å². The Hall–Kier alpha value is -6.80. The summed E-state index contributed by atoms with van der Waals surface area (Å²) < 4.78 is 83.0. The molecule has 0 radical (unpaired) electrons. The standard InChI is InChI=1S/C23H22ClF3N6O.C21H21ClF3N5.C3H4O2/c1-4-19(34)32-5-7-33(8-6-32)22-15-10-16(24)14(11-17(15)29-13(3)30-22)21-20(23(25,26)27)12(2)9-18(28)31-21;1-11-8-17(26)29-19(18(11)21(23,24)25)13-10-16-14(9-15(13)22)20(28-12(2)27-16)30-6-4-3-5-7-30;1-2-3(4)5/h4,9-11H,1,5-8H2,2-3H3,(H2,28,31);8-10H,3-7H2,1-2H3,(H2,26,29);2H,1H2,(H,4,5). The predicted molar refractivity (Wildman–Crippen MR) is 256 cm³/mol. The number of carboxylic acids is 1. The zero-order chi connectivity index (χ0) is 50.7. The molecule has 6 aromatic rings.